The number of imidazole rings is 1. The van der Waals surface area contributed by atoms with Gasteiger partial charge in [-0.15, -0.1) is 10.2 Å². The first-order valence-corrected chi connectivity index (χ1v) is 7.37. The first-order valence-electron chi connectivity index (χ1n) is 6.99. The number of benzene rings is 1. The summed E-state index contributed by atoms with van der Waals surface area (Å²) >= 11 is 5.89. The molecule has 0 aliphatic rings. The molecule has 2 aromatic heterocycles. The van der Waals surface area contributed by atoms with Gasteiger partial charge in [-0.2, -0.15) is 13.2 Å². The van der Waals surface area contributed by atoms with Crippen LogP contribution in [-0.2, 0) is 6.18 Å². The topological polar surface area (TPSA) is 42.0 Å². The van der Waals surface area contributed by atoms with E-state index in [2.05, 4.69) is 15.2 Å². The zero-order valence-corrected chi connectivity index (χ0v) is 13.5. The molecule has 0 fully saturated rings. The number of nitrogens with zero attached hydrogens (tertiary/aromatic N) is 4. The minimum Gasteiger partial charge on any atom is -0.282 e. The molecule has 0 spiro atoms. The van der Waals surface area contributed by atoms with Gasteiger partial charge in [0.05, 0.1) is 16.9 Å². The lowest BCUT2D eigenvalue weighted by Gasteiger charge is -2.07. The Morgan fingerprint density at radius 3 is 2.50 bits per heavy atom. The van der Waals surface area contributed by atoms with Crippen molar-refractivity contribution in [2.45, 2.75) is 20.0 Å². The zero-order valence-electron chi connectivity index (χ0n) is 12.8. The first kappa shape index (κ1) is 16.4. The Labute approximate surface area is 140 Å². The lowest BCUT2D eigenvalue weighted by Crippen LogP contribution is -2.06. The van der Waals surface area contributed by atoms with Crippen LogP contribution in [0.1, 0.15) is 16.8 Å². The largest absolute Gasteiger partial charge is 0.417 e. The van der Waals surface area contributed by atoms with Crippen LogP contribution in [0.15, 0.2) is 46.8 Å². The van der Waals surface area contributed by atoms with Gasteiger partial charge in [-0.25, -0.2) is 4.98 Å². The fourth-order valence-electron chi connectivity index (χ4n) is 2.27. The second-order valence-corrected chi connectivity index (χ2v) is 5.73. The molecule has 24 heavy (non-hydrogen) atoms. The summed E-state index contributed by atoms with van der Waals surface area (Å²) in [5.41, 5.74) is 1.49. The van der Waals surface area contributed by atoms with Gasteiger partial charge in [0, 0.05) is 11.2 Å². The number of pyridine rings is 1. The third kappa shape index (κ3) is 3.12. The number of aromatic nitrogens is 2. The standard InChI is InChI=1S/C16H12ClF3N4/c1-9-7-12(17)4-5-13(9)22-23-15-10(2)21-14-6-3-11(8-24(14)15)16(18,19)20/h3-8H,1-2H3. The molecular formula is C16H12ClF3N4. The van der Waals surface area contributed by atoms with Gasteiger partial charge in [0.15, 0.2) is 5.82 Å². The van der Waals surface area contributed by atoms with Gasteiger partial charge in [0.1, 0.15) is 5.65 Å². The third-order valence-corrected chi connectivity index (χ3v) is 3.73. The first-order chi connectivity index (χ1) is 11.3. The van der Waals surface area contributed by atoms with Crippen molar-refractivity contribution in [3.8, 4) is 0 Å². The van der Waals surface area contributed by atoms with E-state index in [0.717, 1.165) is 17.8 Å². The number of halogens is 4. The Hall–Kier alpha value is -2.41. The minimum absolute atomic E-state index is 0.255. The molecule has 0 N–H and O–H groups in total. The maximum Gasteiger partial charge on any atom is 0.417 e. The summed E-state index contributed by atoms with van der Waals surface area (Å²) in [5, 5.41) is 8.79. The summed E-state index contributed by atoms with van der Waals surface area (Å²) in [4.78, 5) is 4.21. The second kappa shape index (κ2) is 5.90. The van der Waals surface area contributed by atoms with Crippen LogP contribution in [0.2, 0.25) is 5.02 Å². The van der Waals surface area contributed by atoms with Crippen LogP contribution in [0.3, 0.4) is 0 Å². The Morgan fingerprint density at radius 1 is 1.08 bits per heavy atom. The summed E-state index contributed by atoms with van der Waals surface area (Å²) in [6.07, 6.45) is -3.47. The number of rotatable bonds is 2. The number of aryl methyl sites for hydroxylation is 2. The lowest BCUT2D eigenvalue weighted by atomic mass is 10.2. The van der Waals surface area contributed by atoms with Crippen molar-refractivity contribution >= 4 is 28.8 Å². The van der Waals surface area contributed by atoms with Crippen LogP contribution >= 0.6 is 11.6 Å². The summed E-state index contributed by atoms with van der Waals surface area (Å²) in [6, 6.07) is 7.40. The van der Waals surface area contributed by atoms with Crippen LogP contribution < -0.4 is 0 Å². The highest BCUT2D eigenvalue weighted by atomic mass is 35.5. The van der Waals surface area contributed by atoms with Crippen LogP contribution in [0.25, 0.3) is 5.65 Å². The molecular weight excluding hydrogens is 341 g/mol. The Bertz CT molecular complexity index is 944. The van der Waals surface area contributed by atoms with E-state index in [1.54, 1.807) is 25.1 Å². The van der Waals surface area contributed by atoms with E-state index in [0.29, 0.717) is 22.1 Å². The van der Waals surface area contributed by atoms with Gasteiger partial charge in [0.25, 0.3) is 0 Å². The Balaban J connectivity index is 2.08. The zero-order chi connectivity index (χ0) is 17.5. The molecule has 0 aliphatic heterocycles. The van der Waals surface area contributed by atoms with Crippen LogP contribution in [0, 0.1) is 13.8 Å². The van der Waals surface area contributed by atoms with Crippen molar-refractivity contribution in [1.29, 1.82) is 0 Å². The van der Waals surface area contributed by atoms with Gasteiger partial charge in [-0.3, -0.25) is 4.40 Å². The highest BCUT2D eigenvalue weighted by Gasteiger charge is 2.31. The average molecular weight is 353 g/mol. The molecule has 3 aromatic rings. The number of azo groups is 1. The van der Waals surface area contributed by atoms with E-state index in [9.17, 15) is 13.2 Å². The van der Waals surface area contributed by atoms with E-state index in [1.165, 1.54) is 10.5 Å². The molecule has 0 radical (unpaired) electrons. The summed E-state index contributed by atoms with van der Waals surface area (Å²) < 4.78 is 40.0. The average Bonchev–Trinajstić information content (AvgIpc) is 2.80. The van der Waals surface area contributed by atoms with Gasteiger partial charge in [0.2, 0.25) is 0 Å². The van der Waals surface area contributed by atoms with Crippen LogP contribution in [0.5, 0.6) is 0 Å². The van der Waals surface area contributed by atoms with E-state index in [4.69, 9.17) is 11.6 Å². The normalized spacial score (nSPS) is 12.4. The molecule has 3 rings (SSSR count). The van der Waals surface area contributed by atoms with Crippen molar-refractivity contribution in [3.05, 3.63) is 58.4 Å². The van der Waals surface area contributed by atoms with E-state index >= 15 is 0 Å². The number of alkyl halides is 3. The molecule has 0 saturated heterocycles. The van der Waals surface area contributed by atoms with Crippen LogP contribution in [-0.4, -0.2) is 9.38 Å². The number of fused-ring (bicyclic) bond motifs is 1. The quantitative estimate of drug-likeness (QED) is 0.518. The monoisotopic (exact) mass is 352 g/mol. The molecule has 0 unspecified atom stereocenters. The minimum atomic E-state index is -4.44. The van der Waals surface area contributed by atoms with Gasteiger partial charge in [-0.05, 0) is 49.7 Å². The molecule has 0 amide bonds. The molecule has 0 aliphatic carbocycles. The van der Waals surface area contributed by atoms with Crippen molar-refractivity contribution in [2.75, 3.05) is 0 Å². The van der Waals surface area contributed by atoms with Crippen molar-refractivity contribution in [3.63, 3.8) is 0 Å². The second-order valence-electron chi connectivity index (χ2n) is 5.30. The maximum absolute atomic E-state index is 12.9. The SMILES string of the molecule is Cc1cc(Cl)ccc1N=Nc1c(C)nc2ccc(C(F)(F)F)cn12. The fourth-order valence-corrected chi connectivity index (χ4v) is 2.50. The smallest absolute Gasteiger partial charge is 0.282 e. The van der Waals surface area contributed by atoms with E-state index in [1.807, 2.05) is 6.92 Å². The Kier molecular flexibility index (Phi) is 4.04. The molecule has 4 nitrogen and oxygen atoms in total. The van der Waals surface area contributed by atoms with Crippen molar-refractivity contribution in [2.24, 2.45) is 10.2 Å². The lowest BCUT2D eigenvalue weighted by molar-refractivity contribution is -0.137. The molecule has 0 saturated carbocycles. The third-order valence-electron chi connectivity index (χ3n) is 3.50. The molecule has 8 heteroatoms. The maximum atomic E-state index is 12.9. The number of hydrogen-bond donors (Lipinski definition) is 0. The highest BCUT2D eigenvalue weighted by Crippen LogP contribution is 2.32. The molecule has 2 heterocycles. The van der Waals surface area contributed by atoms with Crippen molar-refractivity contribution < 1.29 is 13.2 Å². The van der Waals surface area contributed by atoms with Gasteiger partial charge in [-0.1, -0.05) is 11.6 Å². The summed E-state index contributed by atoms with van der Waals surface area (Å²) in [6.45, 7) is 3.49. The molecule has 1 aromatic carbocycles. The highest BCUT2D eigenvalue weighted by molar-refractivity contribution is 6.30. The number of hydrogen-bond acceptors (Lipinski definition) is 3. The summed E-state index contributed by atoms with van der Waals surface area (Å²) in [7, 11) is 0. The van der Waals surface area contributed by atoms with Crippen molar-refractivity contribution in [1.82, 2.24) is 9.38 Å². The van der Waals surface area contributed by atoms with E-state index in [-0.39, 0.29) is 5.82 Å². The Morgan fingerprint density at radius 2 is 1.83 bits per heavy atom. The summed E-state index contributed by atoms with van der Waals surface area (Å²) in [5.74, 6) is 0.255. The van der Waals surface area contributed by atoms with Crippen LogP contribution in [0.4, 0.5) is 24.7 Å². The predicted molar refractivity (Wildman–Crippen MR) is 85.3 cm³/mol. The molecule has 0 atom stereocenters. The molecule has 124 valence electrons. The van der Waals surface area contributed by atoms with Gasteiger partial charge < -0.3 is 0 Å². The fraction of sp³-hybridized carbons (Fsp3) is 0.188. The van der Waals surface area contributed by atoms with E-state index < -0.39 is 11.7 Å². The predicted octanol–water partition coefficient (Wildman–Crippen LogP) is 6.04. The molecule has 0 bridgehead atoms. The van der Waals surface area contributed by atoms with Gasteiger partial charge >= 0.3 is 6.18 Å².